The number of H-pyrrole nitrogens is 1. The largest absolute Gasteiger partial charge is 0.378 e. The predicted molar refractivity (Wildman–Crippen MR) is 82.8 cm³/mol. The fourth-order valence-electron chi connectivity index (χ4n) is 2.36. The molecule has 0 saturated carbocycles. The highest BCUT2D eigenvalue weighted by Crippen LogP contribution is 2.26. The summed E-state index contributed by atoms with van der Waals surface area (Å²) < 4.78 is 5.36. The third-order valence-corrected chi connectivity index (χ3v) is 3.47. The monoisotopic (exact) mass is 283 g/mol. The molecule has 0 aromatic carbocycles. The molecule has 0 amide bonds. The molecular weight excluding hydrogens is 266 g/mol. The number of aromatic amines is 1. The maximum absolute atomic E-state index is 5.36. The Hall–Kier alpha value is -2.47. The van der Waals surface area contributed by atoms with Gasteiger partial charge in [0.25, 0.3) is 0 Å². The van der Waals surface area contributed by atoms with Gasteiger partial charge in [0.05, 0.1) is 24.6 Å². The van der Waals surface area contributed by atoms with Crippen molar-refractivity contribution in [1.29, 1.82) is 0 Å². The smallest absolute Gasteiger partial charge is 0.132 e. The van der Waals surface area contributed by atoms with Crippen LogP contribution in [0.4, 0.5) is 5.82 Å². The van der Waals surface area contributed by atoms with E-state index in [0.29, 0.717) is 0 Å². The molecular formula is C15H17N5O. The van der Waals surface area contributed by atoms with E-state index in [1.54, 1.807) is 18.5 Å². The lowest BCUT2D eigenvalue weighted by atomic mass is 10.1. The second kappa shape index (κ2) is 5.88. The Bertz CT molecular complexity index is 658. The van der Waals surface area contributed by atoms with Crippen molar-refractivity contribution in [2.75, 3.05) is 31.2 Å². The number of rotatable bonds is 4. The molecule has 0 aliphatic carbocycles. The van der Waals surface area contributed by atoms with Crippen LogP contribution < -0.4 is 4.90 Å². The van der Waals surface area contributed by atoms with E-state index in [4.69, 9.17) is 4.74 Å². The van der Waals surface area contributed by atoms with E-state index in [2.05, 4.69) is 38.2 Å². The minimum atomic E-state index is 0.722. The van der Waals surface area contributed by atoms with Crippen molar-refractivity contribution in [2.24, 2.45) is 0 Å². The Kier molecular flexibility index (Phi) is 3.79. The molecule has 0 spiro atoms. The average molecular weight is 283 g/mol. The molecule has 2 aromatic heterocycles. The van der Waals surface area contributed by atoms with E-state index in [9.17, 15) is 0 Å². The Labute approximate surface area is 123 Å². The van der Waals surface area contributed by atoms with Gasteiger partial charge in [-0.05, 0) is 6.08 Å². The van der Waals surface area contributed by atoms with E-state index < -0.39 is 0 Å². The zero-order chi connectivity index (χ0) is 14.7. The summed E-state index contributed by atoms with van der Waals surface area (Å²) in [6.45, 7) is 10.7. The van der Waals surface area contributed by atoms with Crippen molar-refractivity contribution in [3.63, 3.8) is 0 Å². The van der Waals surface area contributed by atoms with Crippen molar-refractivity contribution >= 4 is 18.0 Å². The van der Waals surface area contributed by atoms with Crippen molar-refractivity contribution in [2.45, 2.75) is 0 Å². The first kappa shape index (κ1) is 13.5. The lowest BCUT2D eigenvalue weighted by Crippen LogP contribution is -2.36. The molecule has 0 radical (unpaired) electrons. The van der Waals surface area contributed by atoms with E-state index in [-0.39, 0.29) is 0 Å². The number of nitrogens with one attached hydrogen (secondary N) is 1. The minimum Gasteiger partial charge on any atom is -0.378 e. The molecule has 0 atom stereocenters. The second-order valence-corrected chi connectivity index (χ2v) is 4.67. The van der Waals surface area contributed by atoms with Crippen LogP contribution in [0, 0.1) is 0 Å². The molecule has 0 unspecified atom stereocenters. The average Bonchev–Trinajstić information content (AvgIpc) is 2.99. The van der Waals surface area contributed by atoms with Crippen LogP contribution in [0.5, 0.6) is 0 Å². The lowest BCUT2D eigenvalue weighted by molar-refractivity contribution is 0.122. The van der Waals surface area contributed by atoms with Crippen LogP contribution in [-0.4, -0.2) is 46.5 Å². The molecule has 6 nitrogen and oxygen atoms in total. The summed E-state index contributed by atoms with van der Waals surface area (Å²) in [5.74, 6) is 0.890. The minimum absolute atomic E-state index is 0.722. The summed E-state index contributed by atoms with van der Waals surface area (Å²) >= 11 is 0. The predicted octanol–water partition coefficient (Wildman–Crippen LogP) is 1.99. The molecule has 1 fully saturated rings. The zero-order valence-corrected chi connectivity index (χ0v) is 11.7. The van der Waals surface area contributed by atoms with Crippen LogP contribution in [0.25, 0.3) is 23.5 Å². The third-order valence-electron chi connectivity index (χ3n) is 3.47. The number of morpholine rings is 1. The Morgan fingerprint density at radius 1 is 1.19 bits per heavy atom. The Balaban J connectivity index is 1.97. The van der Waals surface area contributed by atoms with Crippen LogP contribution >= 0.6 is 0 Å². The van der Waals surface area contributed by atoms with Gasteiger partial charge < -0.3 is 9.64 Å². The van der Waals surface area contributed by atoms with Crippen molar-refractivity contribution in [1.82, 2.24) is 20.2 Å². The van der Waals surface area contributed by atoms with Crippen LogP contribution in [-0.2, 0) is 4.74 Å². The van der Waals surface area contributed by atoms with Crippen LogP contribution in [0.2, 0.25) is 0 Å². The molecule has 0 bridgehead atoms. The van der Waals surface area contributed by atoms with Crippen molar-refractivity contribution in [3.05, 3.63) is 36.8 Å². The lowest BCUT2D eigenvalue weighted by Gasteiger charge is -2.27. The van der Waals surface area contributed by atoms with Crippen LogP contribution in [0.1, 0.15) is 11.3 Å². The van der Waals surface area contributed by atoms with Gasteiger partial charge in [-0.3, -0.25) is 5.10 Å². The quantitative estimate of drug-likeness (QED) is 0.929. The summed E-state index contributed by atoms with van der Waals surface area (Å²) in [6.07, 6.45) is 5.04. The van der Waals surface area contributed by atoms with Crippen LogP contribution in [0.15, 0.2) is 25.6 Å². The van der Waals surface area contributed by atoms with Gasteiger partial charge in [-0.2, -0.15) is 5.10 Å². The molecule has 108 valence electrons. The molecule has 6 heteroatoms. The standard InChI is InChI=1S/C15H17N5O/c1-3-11-12(4-2)18-19-15(11)13-9-14(17-10-16-13)20-5-7-21-8-6-20/h3-4,9-10H,1-2,5-8H2,(H,18,19). The molecule has 1 N–H and O–H groups in total. The molecule has 3 rings (SSSR count). The maximum atomic E-state index is 5.36. The van der Waals surface area contributed by atoms with E-state index >= 15 is 0 Å². The fourth-order valence-corrected chi connectivity index (χ4v) is 2.36. The van der Waals surface area contributed by atoms with Gasteiger partial charge >= 0.3 is 0 Å². The number of aromatic nitrogens is 4. The second-order valence-electron chi connectivity index (χ2n) is 4.67. The summed E-state index contributed by atoms with van der Waals surface area (Å²) in [4.78, 5) is 10.9. The van der Waals surface area contributed by atoms with Crippen molar-refractivity contribution in [3.8, 4) is 11.4 Å². The van der Waals surface area contributed by atoms with Gasteiger partial charge in [-0.25, -0.2) is 9.97 Å². The number of hydrogen-bond donors (Lipinski definition) is 1. The Morgan fingerprint density at radius 3 is 2.71 bits per heavy atom. The van der Waals surface area contributed by atoms with E-state index in [1.165, 1.54) is 0 Å². The molecule has 21 heavy (non-hydrogen) atoms. The molecule has 1 saturated heterocycles. The number of ether oxygens (including phenoxy) is 1. The van der Waals surface area contributed by atoms with Gasteiger partial charge in [0, 0.05) is 24.7 Å². The summed E-state index contributed by atoms with van der Waals surface area (Å²) in [5, 5.41) is 7.25. The normalized spacial score (nSPS) is 15.0. The van der Waals surface area contributed by atoms with Gasteiger partial charge in [0.1, 0.15) is 17.8 Å². The number of hydrogen-bond acceptors (Lipinski definition) is 5. The van der Waals surface area contributed by atoms with Gasteiger partial charge in [0.2, 0.25) is 0 Å². The zero-order valence-electron chi connectivity index (χ0n) is 11.7. The summed E-state index contributed by atoms with van der Waals surface area (Å²) in [6, 6.07) is 1.95. The highest BCUT2D eigenvalue weighted by molar-refractivity contribution is 5.75. The highest BCUT2D eigenvalue weighted by atomic mass is 16.5. The fraction of sp³-hybridized carbons (Fsp3) is 0.267. The first-order valence-electron chi connectivity index (χ1n) is 6.82. The van der Waals surface area contributed by atoms with Crippen LogP contribution in [0.3, 0.4) is 0 Å². The number of nitrogens with zero attached hydrogens (tertiary/aromatic N) is 4. The van der Waals surface area contributed by atoms with Gasteiger partial charge in [0.15, 0.2) is 0 Å². The highest BCUT2D eigenvalue weighted by Gasteiger charge is 2.16. The van der Waals surface area contributed by atoms with Gasteiger partial charge in [-0.15, -0.1) is 0 Å². The van der Waals surface area contributed by atoms with E-state index in [1.807, 2.05) is 6.07 Å². The summed E-state index contributed by atoms with van der Waals surface area (Å²) in [7, 11) is 0. The van der Waals surface area contributed by atoms with Gasteiger partial charge in [-0.1, -0.05) is 19.2 Å². The molecule has 3 heterocycles. The third kappa shape index (κ3) is 2.57. The number of anilines is 1. The van der Waals surface area contributed by atoms with E-state index in [0.717, 1.165) is 54.8 Å². The maximum Gasteiger partial charge on any atom is 0.132 e. The summed E-state index contributed by atoms with van der Waals surface area (Å²) in [5.41, 5.74) is 3.27. The first-order chi connectivity index (χ1) is 10.3. The molecule has 1 aliphatic heterocycles. The van der Waals surface area contributed by atoms with Crippen molar-refractivity contribution < 1.29 is 4.74 Å². The first-order valence-corrected chi connectivity index (χ1v) is 6.82. The molecule has 1 aliphatic rings. The topological polar surface area (TPSA) is 66.9 Å². The SMILES string of the molecule is C=Cc1[nH]nc(-c2cc(N3CCOCC3)ncn2)c1C=C. The Morgan fingerprint density at radius 2 is 2.00 bits per heavy atom. The molecule has 2 aromatic rings.